The van der Waals surface area contributed by atoms with Crippen molar-refractivity contribution in [3.8, 4) is 0 Å². The predicted molar refractivity (Wildman–Crippen MR) is 99.5 cm³/mol. The first-order valence-corrected chi connectivity index (χ1v) is 8.90. The summed E-state index contributed by atoms with van der Waals surface area (Å²) >= 11 is 0. The van der Waals surface area contributed by atoms with Crippen molar-refractivity contribution < 1.29 is 4.92 Å². The highest BCUT2D eigenvalue weighted by Crippen LogP contribution is 2.49. The van der Waals surface area contributed by atoms with E-state index in [1.165, 1.54) is 0 Å². The molecule has 0 bridgehead atoms. The third-order valence-corrected chi connectivity index (χ3v) is 5.74. The lowest BCUT2D eigenvalue weighted by molar-refractivity contribution is -0.571. The number of hydrogen-bond acceptors (Lipinski definition) is 2. The molecular formula is C21H22N2O2. The van der Waals surface area contributed by atoms with Gasteiger partial charge in [-0.2, -0.15) is 0 Å². The molecule has 4 heteroatoms. The third kappa shape index (κ3) is 2.44. The summed E-state index contributed by atoms with van der Waals surface area (Å²) in [5.74, 6) is -0.234. The van der Waals surface area contributed by atoms with E-state index in [1.807, 2.05) is 55.5 Å². The van der Waals surface area contributed by atoms with Crippen LogP contribution >= 0.6 is 0 Å². The number of benzene rings is 2. The van der Waals surface area contributed by atoms with Crippen LogP contribution in [0.15, 0.2) is 54.6 Å². The summed E-state index contributed by atoms with van der Waals surface area (Å²) in [6.07, 6.45) is 3.12. The van der Waals surface area contributed by atoms with Gasteiger partial charge in [0.2, 0.25) is 5.54 Å². The molecule has 1 atom stereocenters. The van der Waals surface area contributed by atoms with Crippen LogP contribution in [0.3, 0.4) is 0 Å². The molecule has 0 spiro atoms. The Balaban J connectivity index is 2.01. The number of fused-ring (bicyclic) bond motifs is 1. The maximum absolute atomic E-state index is 12.3. The van der Waals surface area contributed by atoms with Gasteiger partial charge >= 0.3 is 0 Å². The molecule has 25 heavy (non-hydrogen) atoms. The molecule has 3 aromatic rings. The lowest BCUT2D eigenvalue weighted by atomic mass is 9.73. The van der Waals surface area contributed by atoms with Gasteiger partial charge in [0, 0.05) is 34.4 Å². The van der Waals surface area contributed by atoms with Crippen molar-refractivity contribution in [2.24, 2.45) is 0 Å². The van der Waals surface area contributed by atoms with Crippen molar-refractivity contribution in [3.05, 3.63) is 81.5 Å². The molecule has 128 valence electrons. The number of H-pyrrole nitrogens is 1. The van der Waals surface area contributed by atoms with Crippen LogP contribution in [0.1, 0.15) is 48.4 Å². The molecular weight excluding hydrogens is 312 g/mol. The lowest BCUT2D eigenvalue weighted by Crippen LogP contribution is -2.42. The van der Waals surface area contributed by atoms with E-state index in [0.29, 0.717) is 12.8 Å². The summed E-state index contributed by atoms with van der Waals surface area (Å²) in [5.41, 5.74) is 3.28. The molecule has 1 N–H and O–H groups in total. The number of para-hydroxylation sites is 1. The fourth-order valence-corrected chi connectivity index (χ4v) is 4.63. The second kappa shape index (κ2) is 6.03. The summed E-state index contributed by atoms with van der Waals surface area (Å²) in [6, 6.07) is 18.1. The zero-order chi connectivity index (χ0) is 17.4. The lowest BCUT2D eigenvalue weighted by Gasteiger charge is -2.31. The van der Waals surface area contributed by atoms with E-state index in [2.05, 4.69) is 11.1 Å². The number of aromatic nitrogens is 1. The van der Waals surface area contributed by atoms with Crippen molar-refractivity contribution >= 4 is 10.9 Å². The number of rotatable bonds is 4. The molecule has 1 fully saturated rings. The summed E-state index contributed by atoms with van der Waals surface area (Å²) in [5, 5.41) is 13.4. The van der Waals surface area contributed by atoms with Crippen LogP contribution in [-0.2, 0) is 0 Å². The summed E-state index contributed by atoms with van der Waals surface area (Å²) in [7, 11) is 0. The van der Waals surface area contributed by atoms with Gasteiger partial charge in [0.05, 0.1) is 5.92 Å². The smallest absolute Gasteiger partial charge is 0.233 e. The molecule has 1 saturated carbocycles. The van der Waals surface area contributed by atoms with Gasteiger partial charge in [0.1, 0.15) is 0 Å². The van der Waals surface area contributed by atoms with Crippen LogP contribution in [0.2, 0.25) is 0 Å². The van der Waals surface area contributed by atoms with Crippen molar-refractivity contribution in [3.63, 3.8) is 0 Å². The summed E-state index contributed by atoms with van der Waals surface area (Å²) < 4.78 is 0. The van der Waals surface area contributed by atoms with E-state index in [-0.39, 0.29) is 10.8 Å². The van der Waals surface area contributed by atoms with Crippen LogP contribution in [0.5, 0.6) is 0 Å². The zero-order valence-corrected chi connectivity index (χ0v) is 14.4. The fraction of sp³-hybridized carbons (Fsp3) is 0.333. The quantitative estimate of drug-likeness (QED) is 0.527. The second-order valence-corrected chi connectivity index (χ2v) is 7.12. The van der Waals surface area contributed by atoms with Gasteiger partial charge < -0.3 is 4.98 Å². The maximum atomic E-state index is 12.3. The van der Waals surface area contributed by atoms with Crippen molar-refractivity contribution in [1.82, 2.24) is 4.98 Å². The van der Waals surface area contributed by atoms with Crippen molar-refractivity contribution in [2.75, 3.05) is 0 Å². The van der Waals surface area contributed by atoms with Crippen LogP contribution in [0.25, 0.3) is 10.9 Å². The number of nitrogens with one attached hydrogen (secondary N) is 1. The Labute approximate surface area is 147 Å². The molecule has 0 aliphatic heterocycles. The van der Waals surface area contributed by atoms with Crippen molar-refractivity contribution in [1.29, 1.82) is 0 Å². The largest absolute Gasteiger partial charge is 0.358 e. The van der Waals surface area contributed by atoms with Gasteiger partial charge in [-0.15, -0.1) is 0 Å². The zero-order valence-electron chi connectivity index (χ0n) is 14.4. The number of hydrogen-bond donors (Lipinski definition) is 1. The van der Waals surface area contributed by atoms with Crippen LogP contribution in [-0.4, -0.2) is 15.4 Å². The van der Waals surface area contributed by atoms with E-state index < -0.39 is 5.54 Å². The minimum Gasteiger partial charge on any atom is -0.358 e. The number of aromatic amines is 1. The fourth-order valence-electron chi connectivity index (χ4n) is 4.63. The Morgan fingerprint density at radius 1 is 1.04 bits per heavy atom. The van der Waals surface area contributed by atoms with E-state index in [0.717, 1.165) is 40.6 Å². The van der Waals surface area contributed by atoms with Gasteiger partial charge in [-0.1, -0.05) is 48.5 Å². The van der Waals surface area contributed by atoms with E-state index >= 15 is 0 Å². The standard InChI is InChI=1S/C21H22N2O2/c1-15-19(17-11-5-6-12-18(17)22-15)20(16-9-3-2-4-10-16)21(23(24)25)13-7-8-14-21/h2-6,9-12,20,22H,7-8,13-14H2,1H3/t20-/m0/s1. The van der Waals surface area contributed by atoms with Crippen molar-refractivity contribution in [2.45, 2.75) is 44.1 Å². The molecule has 1 aromatic heterocycles. The molecule has 1 heterocycles. The minimum absolute atomic E-state index is 0.00111. The average molecular weight is 334 g/mol. The highest BCUT2D eigenvalue weighted by atomic mass is 16.6. The Morgan fingerprint density at radius 2 is 1.68 bits per heavy atom. The SMILES string of the molecule is Cc1[nH]c2ccccc2c1[C@H](c1ccccc1)C1([N+](=O)[O-])CCCC1. The molecule has 0 amide bonds. The predicted octanol–water partition coefficient (Wildman–Crippen LogP) is 5.20. The van der Waals surface area contributed by atoms with Gasteiger partial charge in [0.15, 0.2) is 0 Å². The molecule has 4 rings (SSSR count). The van der Waals surface area contributed by atoms with Gasteiger partial charge in [0.25, 0.3) is 0 Å². The first-order valence-electron chi connectivity index (χ1n) is 8.90. The minimum atomic E-state index is -0.920. The molecule has 4 nitrogen and oxygen atoms in total. The first kappa shape index (κ1) is 15.9. The molecule has 1 aliphatic rings. The van der Waals surface area contributed by atoms with Gasteiger partial charge in [-0.25, -0.2) is 0 Å². The van der Waals surface area contributed by atoms with E-state index in [1.54, 1.807) is 0 Å². The van der Waals surface area contributed by atoms with Crippen LogP contribution in [0.4, 0.5) is 0 Å². The Bertz CT molecular complexity index is 908. The van der Waals surface area contributed by atoms with E-state index in [9.17, 15) is 10.1 Å². The molecule has 2 aromatic carbocycles. The normalized spacial score (nSPS) is 17.6. The highest BCUT2D eigenvalue weighted by molar-refractivity contribution is 5.86. The van der Waals surface area contributed by atoms with Gasteiger partial charge in [-0.05, 0) is 37.0 Å². The number of nitrogens with zero attached hydrogens (tertiary/aromatic N) is 1. The maximum Gasteiger partial charge on any atom is 0.233 e. The Morgan fingerprint density at radius 3 is 2.36 bits per heavy atom. The molecule has 0 saturated heterocycles. The number of aryl methyl sites for hydroxylation is 1. The Kier molecular flexibility index (Phi) is 3.83. The summed E-state index contributed by atoms with van der Waals surface area (Å²) in [6.45, 7) is 2.04. The first-order chi connectivity index (χ1) is 12.1. The topological polar surface area (TPSA) is 58.9 Å². The van der Waals surface area contributed by atoms with E-state index in [4.69, 9.17) is 0 Å². The summed E-state index contributed by atoms with van der Waals surface area (Å²) in [4.78, 5) is 15.7. The monoisotopic (exact) mass is 334 g/mol. The highest BCUT2D eigenvalue weighted by Gasteiger charge is 2.54. The van der Waals surface area contributed by atoms with Gasteiger partial charge in [-0.3, -0.25) is 10.1 Å². The number of nitro groups is 1. The van der Waals surface area contributed by atoms with Crippen LogP contribution in [0, 0.1) is 17.0 Å². The third-order valence-electron chi connectivity index (χ3n) is 5.74. The Hall–Kier alpha value is -2.62. The molecule has 1 aliphatic carbocycles. The van der Waals surface area contributed by atoms with Crippen LogP contribution < -0.4 is 0 Å². The second-order valence-electron chi connectivity index (χ2n) is 7.12. The molecule has 0 unspecified atom stereocenters. The average Bonchev–Trinajstić information content (AvgIpc) is 3.23. The molecule has 0 radical (unpaired) electrons.